The van der Waals surface area contributed by atoms with Crippen molar-refractivity contribution in [2.24, 2.45) is 0 Å². The molecule has 0 bridgehead atoms. The number of hydrogen-bond donors (Lipinski definition) is 0. The summed E-state index contributed by atoms with van der Waals surface area (Å²) in [5.41, 5.74) is 2.47. The van der Waals surface area contributed by atoms with E-state index in [1.807, 2.05) is 35.1 Å². The topological polar surface area (TPSA) is 9.23 Å². The van der Waals surface area contributed by atoms with Crippen molar-refractivity contribution in [1.29, 1.82) is 0 Å². The van der Waals surface area contributed by atoms with Gasteiger partial charge in [-0.05, 0) is 34.0 Å². The summed E-state index contributed by atoms with van der Waals surface area (Å²) >= 11 is 1.89. The summed E-state index contributed by atoms with van der Waals surface area (Å²) in [5.74, 6) is 0.875. The fourth-order valence-corrected chi connectivity index (χ4v) is 2.46. The second-order valence-electron chi connectivity index (χ2n) is 4.13. The Morgan fingerprint density at radius 3 is 2.22 bits per heavy atom. The highest BCUT2D eigenvalue weighted by atomic mass is 127. The lowest BCUT2D eigenvalue weighted by molar-refractivity contribution is 0.717. The summed E-state index contributed by atoms with van der Waals surface area (Å²) in [6.07, 6.45) is 0. The van der Waals surface area contributed by atoms with Gasteiger partial charge in [-0.25, -0.2) is 0 Å². The molecule has 1 nitrogen and oxygen atoms in total. The van der Waals surface area contributed by atoms with E-state index in [9.17, 15) is 0 Å². The molecule has 18 heavy (non-hydrogen) atoms. The van der Waals surface area contributed by atoms with Crippen LogP contribution in [0.5, 0.6) is 5.75 Å². The fourth-order valence-electron chi connectivity index (χ4n) is 2.16. The first-order valence-electron chi connectivity index (χ1n) is 5.75. The van der Waals surface area contributed by atoms with Crippen LogP contribution in [0, 0.1) is 0 Å². The summed E-state index contributed by atoms with van der Waals surface area (Å²) in [5, 5.41) is 2.55. The van der Waals surface area contributed by atoms with Crippen molar-refractivity contribution in [1.82, 2.24) is 0 Å². The Morgan fingerprint density at radius 2 is 1.44 bits per heavy atom. The molecule has 3 rings (SSSR count). The van der Waals surface area contributed by atoms with Gasteiger partial charge in [0.05, 0.1) is 0 Å². The molecule has 0 aromatic heterocycles. The Bertz CT molecular complexity index is 669. The van der Waals surface area contributed by atoms with Crippen molar-refractivity contribution in [3.63, 3.8) is 0 Å². The van der Waals surface area contributed by atoms with Crippen molar-refractivity contribution in [3.8, 4) is 16.9 Å². The van der Waals surface area contributed by atoms with Gasteiger partial charge in [-0.3, -0.25) is 0 Å². The van der Waals surface area contributed by atoms with Crippen molar-refractivity contribution < 1.29 is 3.07 Å². The SMILES string of the molecule is IOc1ccc(-c2cccc3ccccc23)cc1. The van der Waals surface area contributed by atoms with Gasteiger partial charge >= 0.3 is 0 Å². The summed E-state index contributed by atoms with van der Waals surface area (Å²) < 4.78 is 5.16. The summed E-state index contributed by atoms with van der Waals surface area (Å²) in [6, 6.07) is 23.0. The maximum atomic E-state index is 5.16. The van der Waals surface area contributed by atoms with Gasteiger partial charge in [0.15, 0.2) is 23.0 Å². The van der Waals surface area contributed by atoms with Crippen molar-refractivity contribution in [2.75, 3.05) is 0 Å². The van der Waals surface area contributed by atoms with Crippen LogP contribution in [0.3, 0.4) is 0 Å². The number of halogens is 1. The third-order valence-electron chi connectivity index (χ3n) is 3.04. The van der Waals surface area contributed by atoms with Crippen LogP contribution in [0.4, 0.5) is 0 Å². The van der Waals surface area contributed by atoms with Crippen LogP contribution in [0.25, 0.3) is 21.9 Å². The number of rotatable bonds is 2. The second kappa shape index (κ2) is 4.98. The van der Waals surface area contributed by atoms with Gasteiger partial charge in [0.1, 0.15) is 5.75 Å². The summed E-state index contributed by atoms with van der Waals surface area (Å²) in [7, 11) is 0. The summed E-state index contributed by atoms with van der Waals surface area (Å²) in [6.45, 7) is 0. The highest BCUT2D eigenvalue weighted by molar-refractivity contribution is 14.1. The minimum absolute atomic E-state index is 0.875. The van der Waals surface area contributed by atoms with Crippen molar-refractivity contribution in [3.05, 3.63) is 66.7 Å². The molecule has 2 heteroatoms. The van der Waals surface area contributed by atoms with Gasteiger partial charge in [-0.1, -0.05) is 54.6 Å². The maximum absolute atomic E-state index is 5.16. The monoisotopic (exact) mass is 346 g/mol. The lowest BCUT2D eigenvalue weighted by atomic mass is 9.98. The highest BCUT2D eigenvalue weighted by Gasteiger charge is 2.03. The molecule has 0 heterocycles. The Balaban J connectivity index is 2.18. The second-order valence-corrected chi connectivity index (χ2v) is 4.57. The number of hydrogen-bond acceptors (Lipinski definition) is 1. The average molecular weight is 346 g/mol. The number of benzene rings is 3. The molecule has 0 aliphatic rings. The van der Waals surface area contributed by atoms with Gasteiger partial charge in [0, 0.05) is 0 Å². The highest BCUT2D eigenvalue weighted by Crippen LogP contribution is 2.29. The fraction of sp³-hybridized carbons (Fsp3) is 0. The molecule has 0 atom stereocenters. The Morgan fingerprint density at radius 1 is 0.722 bits per heavy atom. The molecular weight excluding hydrogens is 335 g/mol. The van der Waals surface area contributed by atoms with E-state index in [-0.39, 0.29) is 0 Å². The van der Waals surface area contributed by atoms with E-state index < -0.39 is 0 Å². The van der Waals surface area contributed by atoms with Gasteiger partial charge < -0.3 is 3.07 Å². The third-order valence-corrected chi connectivity index (χ3v) is 3.55. The molecule has 0 spiro atoms. The van der Waals surface area contributed by atoms with E-state index in [0.29, 0.717) is 0 Å². The summed E-state index contributed by atoms with van der Waals surface area (Å²) in [4.78, 5) is 0. The van der Waals surface area contributed by atoms with Gasteiger partial charge in [-0.15, -0.1) is 0 Å². The zero-order chi connectivity index (χ0) is 12.4. The molecule has 0 radical (unpaired) electrons. The standard InChI is InChI=1S/C16H11IO/c17-18-14-10-8-13(9-11-14)16-7-3-5-12-4-1-2-6-15(12)16/h1-11H. The molecular formula is C16H11IO. The maximum Gasteiger partial charge on any atom is 0.192 e. The zero-order valence-corrected chi connectivity index (χ0v) is 11.8. The van der Waals surface area contributed by atoms with Crippen LogP contribution >= 0.6 is 23.0 Å². The van der Waals surface area contributed by atoms with Crippen LogP contribution in [-0.2, 0) is 0 Å². The average Bonchev–Trinajstić information content (AvgIpc) is 2.47. The van der Waals surface area contributed by atoms with Crippen LogP contribution in [0.2, 0.25) is 0 Å². The Kier molecular flexibility index (Phi) is 3.19. The van der Waals surface area contributed by atoms with E-state index >= 15 is 0 Å². The molecule has 0 unspecified atom stereocenters. The lowest BCUT2D eigenvalue weighted by Crippen LogP contribution is -1.81. The predicted octanol–water partition coefficient (Wildman–Crippen LogP) is 5.24. The Labute approximate surface area is 120 Å². The van der Waals surface area contributed by atoms with E-state index in [0.717, 1.165) is 5.75 Å². The molecule has 88 valence electrons. The van der Waals surface area contributed by atoms with Crippen LogP contribution in [0.15, 0.2) is 66.7 Å². The first kappa shape index (κ1) is 11.5. The Hall–Kier alpha value is -1.55. The molecule has 0 aliphatic carbocycles. The zero-order valence-electron chi connectivity index (χ0n) is 9.64. The predicted molar refractivity (Wildman–Crippen MR) is 84.0 cm³/mol. The molecule has 0 aliphatic heterocycles. The minimum atomic E-state index is 0.875. The lowest BCUT2D eigenvalue weighted by Gasteiger charge is -2.07. The smallest absolute Gasteiger partial charge is 0.192 e. The molecule has 0 fully saturated rings. The normalized spacial score (nSPS) is 10.5. The molecule has 0 amide bonds. The van der Waals surface area contributed by atoms with Crippen LogP contribution < -0.4 is 3.07 Å². The first-order chi connectivity index (χ1) is 8.88. The quantitative estimate of drug-likeness (QED) is 0.577. The largest absolute Gasteiger partial charge is 0.428 e. The van der Waals surface area contributed by atoms with Gasteiger partial charge in [0.2, 0.25) is 0 Å². The van der Waals surface area contributed by atoms with E-state index in [2.05, 4.69) is 54.6 Å². The molecule has 0 saturated heterocycles. The molecule has 3 aromatic carbocycles. The molecule has 3 aromatic rings. The molecule has 0 N–H and O–H groups in total. The van der Waals surface area contributed by atoms with Crippen molar-refractivity contribution >= 4 is 33.8 Å². The van der Waals surface area contributed by atoms with Gasteiger partial charge in [0.25, 0.3) is 0 Å². The van der Waals surface area contributed by atoms with Crippen LogP contribution in [0.1, 0.15) is 0 Å². The van der Waals surface area contributed by atoms with Crippen LogP contribution in [-0.4, -0.2) is 0 Å². The number of fused-ring (bicyclic) bond motifs is 1. The third kappa shape index (κ3) is 2.08. The van der Waals surface area contributed by atoms with E-state index in [1.165, 1.54) is 21.9 Å². The first-order valence-corrected chi connectivity index (χ1v) is 6.63. The van der Waals surface area contributed by atoms with Crippen molar-refractivity contribution in [2.45, 2.75) is 0 Å². The minimum Gasteiger partial charge on any atom is -0.428 e. The van der Waals surface area contributed by atoms with E-state index in [1.54, 1.807) is 0 Å². The molecule has 0 saturated carbocycles. The van der Waals surface area contributed by atoms with Gasteiger partial charge in [-0.2, -0.15) is 0 Å². The van der Waals surface area contributed by atoms with E-state index in [4.69, 9.17) is 3.07 Å².